The van der Waals surface area contributed by atoms with Crippen LogP contribution in [0.1, 0.15) is 10.5 Å². The molecule has 0 saturated carbocycles. The molecular formula is C22H24F3N5O5S. The number of hydrogen-bond acceptors (Lipinski definition) is 5. The summed E-state index contributed by atoms with van der Waals surface area (Å²) in [7, 11) is 1.16. The standard InChI is InChI=1S/C22H24F3N5O5S/c1-28(2)21(32)22(33)30-7-11-10-35-19-16(36(4,34)27-15(11)8-30)9-29(3)18(19)20(31)26-12-5-13(23)17(25)14(24)6-12/h5-6,9,11,15H,4,7-8,10H2,1-3H3,(H,26,31)(H,27,34). The molecule has 3 heterocycles. The minimum absolute atomic E-state index is 0.00419. The molecule has 0 radical (unpaired) electrons. The number of rotatable bonds is 2. The van der Waals surface area contributed by atoms with Crippen LogP contribution in [0.25, 0.3) is 0 Å². The molecule has 14 heteroatoms. The number of halogens is 3. The summed E-state index contributed by atoms with van der Waals surface area (Å²) in [6.07, 6.45) is 1.38. The number of nitrogens with zero attached hydrogens (tertiary/aromatic N) is 3. The second-order valence-corrected chi connectivity index (χ2v) is 10.9. The van der Waals surface area contributed by atoms with Crippen molar-refractivity contribution in [2.45, 2.75) is 10.9 Å². The zero-order chi connectivity index (χ0) is 26.5. The van der Waals surface area contributed by atoms with Crippen LogP contribution in [0.5, 0.6) is 5.75 Å². The lowest BCUT2D eigenvalue weighted by Crippen LogP contribution is -2.44. The molecule has 4 rings (SSSR count). The molecule has 2 aliphatic rings. The van der Waals surface area contributed by atoms with Gasteiger partial charge in [-0.2, -0.15) is 0 Å². The van der Waals surface area contributed by atoms with Crippen molar-refractivity contribution >= 4 is 39.0 Å². The first kappa shape index (κ1) is 25.6. The molecule has 1 aromatic carbocycles. The number of carbonyl (C=O) groups excluding carboxylic acids is 3. The lowest BCUT2D eigenvalue weighted by atomic mass is 10.1. The third-order valence-corrected chi connectivity index (χ3v) is 7.70. The van der Waals surface area contributed by atoms with E-state index in [0.717, 1.165) is 4.90 Å². The highest BCUT2D eigenvalue weighted by atomic mass is 32.2. The Morgan fingerprint density at radius 1 is 1.19 bits per heavy atom. The van der Waals surface area contributed by atoms with Crippen molar-refractivity contribution in [2.75, 3.05) is 39.1 Å². The molecule has 0 spiro atoms. The lowest BCUT2D eigenvalue weighted by Gasteiger charge is -2.26. The molecule has 2 N–H and O–H groups in total. The van der Waals surface area contributed by atoms with Gasteiger partial charge in [0.1, 0.15) is 4.90 Å². The highest BCUT2D eigenvalue weighted by Gasteiger charge is 2.42. The summed E-state index contributed by atoms with van der Waals surface area (Å²) in [4.78, 5) is 40.2. The molecule has 1 saturated heterocycles. The number of anilines is 1. The molecule has 10 nitrogen and oxygen atoms in total. The van der Waals surface area contributed by atoms with Gasteiger partial charge in [0.05, 0.1) is 16.3 Å². The quantitative estimate of drug-likeness (QED) is 0.337. The van der Waals surface area contributed by atoms with Gasteiger partial charge >= 0.3 is 11.8 Å². The minimum atomic E-state index is -3.25. The number of aryl methyl sites for hydroxylation is 1. The molecule has 3 atom stereocenters. The summed E-state index contributed by atoms with van der Waals surface area (Å²) in [5.74, 6) is -3.55. The van der Waals surface area contributed by atoms with Crippen molar-refractivity contribution in [1.29, 1.82) is 0 Å². The van der Waals surface area contributed by atoms with Crippen molar-refractivity contribution in [3.63, 3.8) is 0 Å². The van der Waals surface area contributed by atoms with E-state index in [0.29, 0.717) is 12.1 Å². The van der Waals surface area contributed by atoms with Gasteiger partial charge in [-0.25, -0.2) is 22.1 Å². The first-order chi connectivity index (χ1) is 16.8. The predicted octanol–water partition coefficient (Wildman–Crippen LogP) is 0.582. The van der Waals surface area contributed by atoms with E-state index in [-0.39, 0.29) is 47.6 Å². The van der Waals surface area contributed by atoms with E-state index < -0.39 is 50.9 Å². The molecule has 2 aromatic rings. The fourth-order valence-electron chi connectivity index (χ4n) is 4.20. The average molecular weight is 528 g/mol. The van der Waals surface area contributed by atoms with Crippen LogP contribution in [0.4, 0.5) is 18.9 Å². The molecule has 0 aliphatic carbocycles. The van der Waals surface area contributed by atoms with Gasteiger partial charge in [0.25, 0.3) is 5.91 Å². The molecule has 194 valence electrons. The number of aromatic nitrogens is 1. The van der Waals surface area contributed by atoms with E-state index in [1.54, 1.807) is 0 Å². The second-order valence-electron chi connectivity index (χ2n) is 8.87. The van der Waals surface area contributed by atoms with Crippen LogP contribution >= 0.6 is 0 Å². The van der Waals surface area contributed by atoms with Gasteiger partial charge in [-0.1, -0.05) is 0 Å². The topological polar surface area (TPSA) is 113 Å². The van der Waals surface area contributed by atoms with Gasteiger partial charge in [0, 0.05) is 70.2 Å². The molecule has 3 unspecified atom stereocenters. The van der Waals surface area contributed by atoms with E-state index in [1.165, 1.54) is 36.8 Å². The number of amides is 3. The number of ether oxygens (including phenoxy) is 1. The van der Waals surface area contributed by atoms with Gasteiger partial charge < -0.3 is 24.4 Å². The Bertz CT molecular complexity index is 1350. The number of benzene rings is 1. The molecule has 36 heavy (non-hydrogen) atoms. The number of likely N-dealkylation sites (tertiary alicyclic amines) is 1. The molecule has 3 amide bonds. The van der Waals surface area contributed by atoms with E-state index >= 15 is 0 Å². The van der Waals surface area contributed by atoms with Crippen LogP contribution in [0, 0.1) is 23.4 Å². The Morgan fingerprint density at radius 2 is 1.83 bits per heavy atom. The van der Waals surface area contributed by atoms with Gasteiger partial charge in [0.2, 0.25) is 0 Å². The average Bonchev–Trinajstić information content (AvgIpc) is 3.34. The molecular weight excluding hydrogens is 503 g/mol. The van der Waals surface area contributed by atoms with Gasteiger partial charge in [0.15, 0.2) is 28.9 Å². The van der Waals surface area contributed by atoms with Crippen LogP contribution in [-0.4, -0.2) is 82.0 Å². The largest absolute Gasteiger partial charge is 0.489 e. The summed E-state index contributed by atoms with van der Waals surface area (Å²) >= 11 is 0. The molecule has 0 bridgehead atoms. The normalized spacial score (nSPS) is 23.1. The smallest absolute Gasteiger partial charge is 0.312 e. The van der Waals surface area contributed by atoms with Crippen molar-refractivity contribution in [1.82, 2.24) is 19.1 Å². The van der Waals surface area contributed by atoms with E-state index in [1.807, 2.05) is 0 Å². The lowest BCUT2D eigenvalue weighted by molar-refractivity contribution is -0.149. The Morgan fingerprint density at radius 3 is 2.44 bits per heavy atom. The maximum absolute atomic E-state index is 13.6. The second kappa shape index (κ2) is 9.17. The zero-order valence-electron chi connectivity index (χ0n) is 19.6. The van der Waals surface area contributed by atoms with E-state index in [4.69, 9.17) is 4.74 Å². The molecule has 2 aliphatic heterocycles. The summed E-state index contributed by atoms with van der Waals surface area (Å²) in [6, 6.07) is 0.754. The SMILES string of the molecule is C=S1(=O)NC2CN(C(=O)C(=O)N(C)C)CC2COc2c1cn(C)c2C(=O)Nc1cc(F)c(F)c(F)c1. The van der Waals surface area contributed by atoms with Crippen LogP contribution in [0.15, 0.2) is 23.2 Å². The van der Waals surface area contributed by atoms with Crippen LogP contribution in [-0.2, 0) is 26.3 Å². The third kappa shape index (κ3) is 4.53. The van der Waals surface area contributed by atoms with Gasteiger partial charge in [-0.3, -0.25) is 14.4 Å². The maximum atomic E-state index is 13.6. The van der Waals surface area contributed by atoms with Crippen molar-refractivity contribution in [3.05, 3.63) is 41.5 Å². The molecule has 1 aromatic heterocycles. The van der Waals surface area contributed by atoms with E-state index in [2.05, 4.69) is 15.9 Å². The summed E-state index contributed by atoms with van der Waals surface area (Å²) < 4.78 is 64.2. The fourth-order valence-corrected chi connectivity index (χ4v) is 5.86. The first-order valence-electron chi connectivity index (χ1n) is 10.7. The Hall–Kier alpha value is -3.52. The zero-order valence-corrected chi connectivity index (χ0v) is 20.5. The van der Waals surface area contributed by atoms with Crippen LogP contribution in [0.3, 0.4) is 0 Å². The predicted molar refractivity (Wildman–Crippen MR) is 124 cm³/mol. The fraction of sp³-hybridized carbons (Fsp3) is 0.364. The highest BCUT2D eigenvalue weighted by molar-refractivity contribution is 7.98. The minimum Gasteiger partial charge on any atom is -0.489 e. The summed E-state index contributed by atoms with van der Waals surface area (Å²) in [5.41, 5.74) is -0.443. The number of hydrogen-bond donors (Lipinski definition) is 2. The van der Waals surface area contributed by atoms with Gasteiger partial charge in [-0.05, 0) is 5.87 Å². The number of fused-ring (bicyclic) bond motifs is 2. The Kier molecular flexibility index (Phi) is 6.51. The van der Waals surface area contributed by atoms with Crippen molar-refractivity contribution in [3.8, 4) is 5.75 Å². The summed E-state index contributed by atoms with van der Waals surface area (Å²) in [6.45, 7) is 0.254. The number of carbonyl (C=O) groups is 3. The van der Waals surface area contributed by atoms with Crippen LogP contribution in [0.2, 0.25) is 0 Å². The van der Waals surface area contributed by atoms with E-state index in [9.17, 15) is 31.8 Å². The number of nitrogens with one attached hydrogen (secondary N) is 2. The highest BCUT2D eigenvalue weighted by Crippen LogP contribution is 2.35. The summed E-state index contributed by atoms with van der Waals surface area (Å²) in [5, 5.41) is 2.28. The molecule has 1 fully saturated rings. The van der Waals surface area contributed by atoms with Gasteiger partial charge in [-0.15, -0.1) is 0 Å². The Labute approximate surface area is 205 Å². The van der Waals surface area contributed by atoms with Crippen LogP contribution < -0.4 is 14.8 Å². The first-order valence-corrected chi connectivity index (χ1v) is 12.5. The Balaban J connectivity index is 1.62. The van der Waals surface area contributed by atoms with Crippen molar-refractivity contribution in [2.24, 2.45) is 13.0 Å². The monoisotopic (exact) mass is 527 g/mol. The maximum Gasteiger partial charge on any atom is 0.312 e. The third-order valence-electron chi connectivity index (χ3n) is 6.02. The number of likely N-dealkylation sites (N-methyl/N-ethyl adjacent to an activating group) is 1. The van der Waals surface area contributed by atoms with Crippen molar-refractivity contribution < 1.29 is 36.5 Å².